The maximum atomic E-state index is 16.1. The van der Waals surface area contributed by atoms with E-state index in [2.05, 4.69) is 34.6 Å². The van der Waals surface area contributed by atoms with E-state index in [1.807, 2.05) is 0 Å². The lowest BCUT2D eigenvalue weighted by Gasteiger charge is -2.27. The van der Waals surface area contributed by atoms with Crippen LogP contribution in [0.3, 0.4) is 0 Å². The molecule has 1 aromatic carbocycles. The van der Waals surface area contributed by atoms with Crippen molar-refractivity contribution in [1.82, 2.24) is 43.8 Å². The third-order valence-corrected chi connectivity index (χ3v) is 10.7. The van der Waals surface area contributed by atoms with E-state index in [4.69, 9.17) is 33.2 Å². The Balaban J connectivity index is 1.12. The van der Waals surface area contributed by atoms with Crippen molar-refractivity contribution in [2.24, 2.45) is 0 Å². The van der Waals surface area contributed by atoms with E-state index in [9.17, 15) is 22.7 Å². The Hall–Kier alpha value is -4.29. The molecule has 276 valence electrons. The van der Waals surface area contributed by atoms with E-state index < -0.39 is 86.0 Å². The molecule has 3 aliphatic heterocycles. The molecular formula is C28H30FN10O11PS. The number of alkyl halides is 1. The van der Waals surface area contributed by atoms with Crippen LogP contribution in [0, 0.1) is 6.92 Å². The zero-order chi connectivity index (χ0) is 36.4. The van der Waals surface area contributed by atoms with Crippen LogP contribution in [-0.4, -0.2) is 102 Å². The van der Waals surface area contributed by atoms with Crippen LogP contribution < -0.4 is 16.0 Å². The first kappa shape index (κ1) is 34.8. The number of hydrogen-bond donors (Lipinski definition) is 4. The third-order valence-electron chi connectivity index (χ3n) is 8.68. The molecule has 0 amide bonds. The number of nitrogen functional groups attached to an aromatic ring is 1. The van der Waals surface area contributed by atoms with Gasteiger partial charge in [0.05, 0.1) is 25.9 Å². The normalized spacial score (nSPS) is 32.3. The number of anilines is 1. The molecule has 5 aromatic rings. The van der Waals surface area contributed by atoms with Crippen LogP contribution in [0.5, 0.6) is 0 Å². The molecule has 0 saturated carbocycles. The lowest BCUT2D eigenvalue weighted by Crippen LogP contribution is -2.46. The fourth-order valence-electron chi connectivity index (χ4n) is 6.33. The first-order valence-electron chi connectivity index (χ1n) is 15.7. The van der Waals surface area contributed by atoms with Gasteiger partial charge in [0.2, 0.25) is 0 Å². The highest BCUT2D eigenvalue weighted by atomic mass is 32.2. The number of hydrogen-bond acceptors (Lipinski definition) is 16. The lowest BCUT2D eigenvalue weighted by atomic mass is 10.1. The van der Waals surface area contributed by atoms with E-state index in [1.165, 1.54) is 21.8 Å². The number of nitrogens with two attached hydrogens (primary N) is 1. The van der Waals surface area contributed by atoms with E-state index in [-0.39, 0.29) is 40.6 Å². The summed E-state index contributed by atoms with van der Waals surface area (Å²) in [6.45, 7) is 0.0343. The van der Waals surface area contributed by atoms with Gasteiger partial charge in [-0.2, -0.15) is 13.1 Å². The van der Waals surface area contributed by atoms with Gasteiger partial charge in [-0.15, -0.1) is 0 Å². The molecule has 52 heavy (non-hydrogen) atoms. The zero-order valence-corrected chi connectivity index (χ0v) is 28.5. The Bertz CT molecular complexity index is 2350. The van der Waals surface area contributed by atoms with Crippen molar-refractivity contribution >= 4 is 46.3 Å². The highest BCUT2D eigenvalue weighted by Crippen LogP contribution is 2.50. The zero-order valence-electron chi connectivity index (χ0n) is 26.8. The number of aryl methyl sites for hydroxylation is 1. The molecule has 9 atom stereocenters. The van der Waals surface area contributed by atoms with Crippen molar-refractivity contribution in [3.05, 3.63) is 71.1 Å². The number of nitrogens with one attached hydrogen (secondary N) is 2. The molecule has 3 saturated heterocycles. The van der Waals surface area contributed by atoms with E-state index in [1.54, 1.807) is 37.3 Å². The van der Waals surface area contributed by atoms with Crippen LogP contribution in [0.15, 0.2) is 54.1 Å². The predicted molar refractivity (Wildman–Crippen MR) is 173 cm³/mol. The Labute approximate surface area is 292 Å². The summed E-state index contributed by atoms with van der Waals surface area (Å²) in [4.78, 5) is 46.6. The van der Waals surface area contributed by atoms with Crippen LogP contribution in [-0.2, 0) is 48.9 Å². The number of halogens is 1. The Morgan fingerprint density at radius 3 is 2.56 bits per heavy atom. The van der Waals surface area contributed by atoms with Gasteiger partial charge in [-0.3, -0.25) is 23.0 Å². The van der Waals surface area contributed by atoms with Crippen molar-refractivity contribution in [2.75, 3.05) is 18.9 Å². The number of imidazole rings is 2. The van der Waals surface area contributed by atoms with Crippen molar-refractivity contribution in [1.29, 1.82) is 0 Å². The number of benzene rings is 1. The number of fused-ring (bicyclic) bond motifs is 4. The maximum Gasteiger partial charge on any atom is 0.472 e. The third kappa shape index (κ3) is 6.48. The largest absolute Gasteiger partial charge is 0.472 e. The molecule has 8 rings (SSSR count). The fourth-order valence-corrected chi connectivity index (χ4v) is 8.25. The van der Waals surface area contributed by atoms with Gasteiger partial charge in [0.25, 0.3) is 5.56 Å². The number of H-pyrrole nitrogens is 1. The summed E-state index contributed by atoms with van der Waals surface area (Å²) < 4.78 is 95.9. The molecule has 24 heteroatoms. The smallest absolute Gasteiger partial charge is 0.382 e. The lowest BCUT2D eigenvalue weighted by molar-refractivity contribution is -0.0754. The number of aromatic nitrogens is 8. The first-order chi connectivity index (χ1) is 24.9. The maximum absolute atomic E-state index is 16.1. The molecule has 5 N–H and O–H groups in total. The van der Waals surface area contributed by atoms with Crippen LogP contribution in [0.2, 0.25) is 0 Å². The Morgan fingerprint density at radius 1 is 1.04 bits per heavy atom. The Morgan fingerprint density at radius 2 is 1.77 bits per heavy atom. The number of nitrogens with zero attached hydrogens (tertiary/aromatic N) is 7. The van der Waals surface area contributed by atoms with Gasteiger partial charge in [0.1, 0.15) is 48.2 Å². The SMILES string of the molecule is Cc1nc2c(ncn2[C@@H]2O[C@@H]3COP(=O)(O)O[C@H]4[C@@H](F)[C@H](n5cnc6c(N)ncnc65)O[C@@H]4CNS(=O)(=O)O[C@H]3[C@H]2OCc2ccccc2)c(=O)[nH]1. The Kier molecular flexibility index (Phi) is 8.89. The van der Waals surface area contributed by atoms with Gasteiger partial charge in [0, 0.05) is 6.54 Å². The summed E-state index contributed by atoms with van der Waals surface area (Å²) in [5, 5.41) is 0. The van der Waals surface area contributed by atoms with Crippen LogP contribution in [0.1, 0.15) is 23.8 Å². The monoisotopic (exact) mass is 764 g/mol. The van der Waals surface area contributed by atoms with Crippen molar-refractivity contribution < 1.29 is 49.7 Å². The molecule has 1 unspecified atom stereocenters. The van der Waals surface area contributed by atoms with Gasteiger partial charge in [-0.05, 0) is 12.5 Å². The van der Waals surface area contributed by atoms with Crippen molar-refractivity contribution in [2.45, 2.75) is 62.7 Å². The van der Waals surface area contributed by atoms with Crippen molar-refractivity contribution in [3.8, 4) is 0 Å². The second kappa shape index (κ2) is 13.3. The predicted octanol–water partition coefficient (Wildman–Crippen LogP) is 0.304. The molecule has 0 spiro atoms. The van der Waals surface area contributed by atoms with Gasteiger partial charge >= 0.3 is 18.1 Å². The summed E-state index contributed by atoms with van der Waals surface area (Å²) in [6, 6.07) is 8.92. The molecule has 7 heterocycles. The average molecular weight is 765 g/mol. The van der Waals surface area contributed by atoms with Crippen LogP contribution >= 0.6 is 7.82 Å². The summed E-state index contributed by atoms with van der Waals surface area (Å²) >= 11 is 0. The van der Waals surface area contributed by atoms with E-state index in [0.717, 1.165) is 6.33 Å². The average Bonchev–Trinajstić information content (AvgIpc) is 3.87. The summed E-state index contributed by atoms with van der Waals surface area (Å²) in [5.41, 5.74) is 6.32. The molecule has 3 fully saturated rings. The molecule has 21 nitrogen and oxygen atoms in total. The molecular weight excluding hydrogens is 734 g/mol. The summed E-state index contributed by atoms with van der Waals surface area (Å²) in [6.07, 6.45) is -8.93. The summed E-state index contributed by atoms with van der Waals surface area (Å²) in [5.74, 6) is 0.274. The second-order valence-corrected chi connectivity index (χ2v) is 14.9. The molecule has 3 aliphatic rings. The topological polar surface area (TPSA) is 272 Å². The van der Waals surface area contributed by atoms with Crippen LogP contribution in [0.4, 0.5) is 10.2 Å². The second-order valence-electron chi connectivity index (χ2n) is 12.1. The van der Waals surface area contributed by atoms with Gasteiger partial charge in [-0.25, -0.2) is 38.1 Å². The minimum Gasteiger partial charge on any atom is -0.382 e. The van der Waals surface area contributed by atoms with Gasteiger partial charge < -0.3 is 29.8 Å². The molecule has 0 bridgehead atoms. The number of ether oxygens (including phenoxy) is 3. The highest BCUT2D eigenvalue weighted by molar-refractivity contribution is 7.84. The van der Waals surface area contributed by atoms with E-state index in [0.29, 0.717) is 5.56 Å². The van der Waals surface area contributed by atoms with Gasteiger partial charge in [0.15, 0.2) is 41.3 Å². The number of phosphoric acid groups is 1. The molecule has 0 aliphatic carbocycles. The molecule has 0 radical (unpaired) electrons. The number of rotatable bonds is 5. The number of phosphoric ester groups is 1. The minimum absolute atomic E-state index is 0.0142. The minimum atomic E-state index is -5.12. The highest BCUT2D eigenvalue weighted by Gasteiger charge is 2.54. The quantitative estimate of drug-likeness (QED) is 0.175. The van der Waals surface area contributed by atoms with Crippen LogP contribution in [0.25, 0.3) is 22.3 Å². The van der Waals surface area contributed by atoms with Crippen molar-refractivity contribution in [3.63, 3.8) is 0 Å². The summed E-state index contributed by atoms with van der Waals surface area (Å²) in [7, 11) is -9.85. The van der Waals surface area contributed by atoms with E-state index >= 15 is 4.39 Å². The van der Waals surface area contributed by atoms with Gasteiger partial charge in [-0.1, -0.05) is 30.3 Å². The fraction of sp³-hybridized carbons (Fsp3) is 0.429. The first-order valence-corrected chi connectivity index (χ1v) is 18.6. The molecule has 4 aromatic heterocycles. The standard InChI is InChI=1S/C28H30FN10O11PS/c1-13-36-25-19(26(40)37-13)34-12-39(25)28-22(45-8-14-5-3-2-4-6-14)21-16(48-28)9-46-51(41,42)49-20-15(7-35-52(43,44)50-21)47-27(17(20)29)38-11-33-18-23(30)31-10-32-24(18)38/h2-6,10-12,15-17,20-22,27-28,35H,7-9H2,1H3,(H,41,42)(H2,30,31,32)(H,36,37,40)/t15-,16-,17-,20-,21-,22-,27-,28-/m1/s1. The number of aromatic amines is 1.